The standard InChI is InChI=1S/C15H10N4OS2.C4H10N2/c1-17-15-19-13(8-22-15)12-7-21-14(18-12)11-4-9(5-16)2-3-10(11)6-20;1-2-5-4-6-3-1/h2-4,7-8,20H,1,6H2;5-6H,1-4H2. The SMILES string of the molecule is C1CNCNC1.C=Nc1nc(-c2csc(-c3cc(C#N)ccc3CO)n2)cs1. The maximum absolute atomic E-state index is 9.47. The highest BCUT2D eigenvalue weighted by Crippen LogP contribution is 2.33. The molecule has 0 spiro atoms. The number of aliphatic hydroxyl groups excluding tert-OH is 1. The van der Waals surface area contributed by atoms with Gasteiger partial charge in [-0.25, -0.2) is 15.0 Å². The van der Waals surface area contributed by atoms with Gasteiger partial charge >= 0.3 is 0 Å². The molecule has 2 aromatic heterocycles. The molecule has 144 valence electrons. The molecule has 3 heterocycles. The van der Waals surface area contributed by atoms with Crippen LogP contribution in [0.1, 0.15) is 17.5 Å². The van der Waals surface area contributed by atoms with Gasteiger partial charge in [0.1, 0.15) is 16.4 Å². The van der Waals surface area contributed by atoms with Crippen LogP contribution >= 0.6 is 22.7 Å². The third-order valence-electron chi connectivity index (χ3n) is 3.99. The van der Waals surface area contributed by atoms with Gasteiger partial charge in [-0.2, -0.15) is 5.26 Å². The van der Waals surface area contributed by atoms with Gasteiger partial charge in [-0.3, -0.25) is 0 Å². The lowest BCUT2D eigenvalue weighted by Crippen LogP contribution is -2.37. The molecule has 28 heavy (non-hydrogen) atoms. The Balaban J connectivity index is 0.000000320. The van der Waals surface area contributed by atoms with Crippen LogP contribution in [0.25, 0.3) is 22.0 Å². The van der Waals surface area contributed by atoms with E-state index in [0.29, 0.717) is 10.7 Å². The molecule has 0 saturated carbocycles. The molecule has 1 aliphatic rings. The summed E-state index contributed by atoms with van der Waals surface area (Å²) in [6.45, 7) is 6.73. The summed E-state index contributed by atoms with van der Waals surface area (Å²) in [5.74, 6) is 0. The van der Waals surface area contributed by atoms with Gasteiger partial charge in [-0.05, 0) is 43.9 Å². The van der Waals surface area contributed by atoms with Crippen molar-refractivity contribution in [2.75, 3.05) is 19.8 Å². The van der Waals surface area contributed by atoms with E-state index in [4.69, 9.17) is 5.26 Å². The van der Waals surface area contributed by atoms with Crippen LogP contribution in [0.4, 0.5) is 5.13 Å². The summed E-state index contributed by atoms with van der Waals surface area (Å²) >= 11 is 2.85. The normalized spacial score (nSPS) is 13.3. The number of hydrogen-bond acceptors (Lipinski definition) is 9. The van der Waals surface area contributed by atoms with Crippen LogP contribution in [0, 0.1) is 11.3 Å². The second-order valence-electron chi connectivity index (χ2n) is 5.88. The van der Waals surface area contributed by atoms with E-state index in [1.807, 2.05) is 10.8 Å². The molecule has 0 unspecified atom stereocenters. The number of nitriles is 1. The largest absolute Gasteiger partial charge is 0.392 e. The maximum Gasteiger partial charge on any atom is 0.209 e. The van der Waals surface area contributed by atoms with Gasteiger partial charge in [0.15, 0.2) is 0 Å². The topological polar surface area (TPSA) is 106 Å². The van der Waals surface area contributed by atoms with Crippen molar-refractivity contribution in [1.29, 1.82) is 5.26 Å². The molecule has 1 aromatic carbocycles. The Hall–Kier alpha value is -2.48. The molecule has 1 aliphatic heterocycles. The molecule has 0 radical (unpaired) electrons. The molecule has 1 fully saturated rings. The van der Waals surface area contributed by atoms with Crippen LogP contribution < -0.4 is 10.6 Å². The van der Waals surface area contributed by atoms with E-state index in [9.17, 15) is 5.11 Å². The molecule has 3 aromatic rings. The fraction of sp³-hybridized carbons (Fsp3) is 0.263. The molecule has 0 bridgehead atoms. The Morgan fingerprint density at radius 3 is 2.50 bits per heavy atom. The van der Waals surface area contributed by atoms with E-state index in [0.717, 1.165) is 34.2 Å². The lowest BCUT2D eigenvalue weighted by molar-refractivity contribution is 0.282. The number of hydrogen-bond donors (Lipinski definition) is 3. The Morgan fingerprint density at radius 2 is 1.93 bits per heavy atom. The number of rotatable bonds is 4. The third kappa shape index (κ3) is 5.07. The van der Waals surface area contributed by atoms with Gasteiger partial charge in [-0.1, -0.05) is 6.07 Å². The monoisotopic (exact) mass is 412 g/mol. The van der Waals surface area contributed by atoms with E-state index in [1.165, 1.54) is 42.2 Å². The van der Waals surface area contributed by atoms with Crippen LogP contribution in [-0.4, -0.2) is 41.6 Å². The number of aliphatic imine (C=N–C) groups is 1. The Bertz CT molecular complexity index is 959. The van der Waals surface area contributed by atoms with Crippen molar-refractivity contribution in [3.8, 4) is 28.0 Å². The first-order chi connectivity index (χ1) is 13.7. The Kier molecular flexibility index (Phi) is 7.36. The van der Waals surface area contributed by atoms with Crippen LogP contribution in [0.2, 0.25) is 0 Å². The van der Waals surface area contributed by atoms with Gasteiger partial charge in [-0.15, -0.1) is 22.7 Å². The minimum Gasteiger partial charge on any atom is -0.392 e. The summed E-state index contributed by atoms with van der Waals surface area (Å²) in [5.41, 5.74) is 3.55. The zero-order chi connectivity index (χ0) is 19.8. The van der Waals surface area contributed by atoms with E-state index >= 15 is 0 Å². The predicted octanol–water partition coefficient (Wildman–Crippen LogP) is 3.16. The number of thiazole rings is 2. The van der Waals surface area contributed by atoms with Gasteiger partial charge in [0.2, 0.25) is 5.13 Å². The Labute approximate surface area is 171 Å². The Morgan fingerprint density at radius 1 is 1.18 bits per heavy atom. The highest BCUT2D eigenvalue weighted by Gasteiger charge is 2.13. The summed E-state index contributed by atoms with van der Waals surface area (Å²) < 4.78 is 0. The first-order valence-corrected chi connectivity index (χ1v) is 10.4. The van der Waals surface area contributed by atoms with Crippen LogP contribution in [0.3, 0.4) is 0 Å². The molecule has 9 heteroatoms. The molecular weight excluding hydrogens is 392 g/mol. The van der Waals surface area contributed by atoms with Gasteiger partial charge in [0.25, 0.3) is 0 Å². The number of aliphatic hydroxyl groups is 1. The minimum atomic E-state index is -0.100. The second kappa shape index (κ2) is 10.2. The number of nitrogens with zero attached hydrogens (tertiary/aromatic N) is 4. The molecule has 3 N–H and O–H groups in total. The van der Waals surface area contributed by atoms with Crippen molar-refractivity contribution >= 4 is 34.5 Å². The van der Waals surface area contributed by atoms with Crippen molar-refractivity contribution in [2.45, 2.75) is 13.0 Å². The van der Waals surface area contributed by atoms with E-state index < -0.39 is 0 Å². The van der Waals surface area contributed by atoms with Crippen LogP contribution in [0.5, 0.6) is 0 Å². The molecule has 0 amide bonds. The number of nitrogens with one attached hydrogen (secondary N) is 2. The first kappa shape index (κ1) is 20.3. The third-order valence-corrected chi connectivity index (χ3v) is 5.64. The summed E-state index contributed by atoms with van der Waals surface area (Å²) in [5, 5.41) is 30.0. The highest BCUT2D eigenvalue weighted by atomic mass is 32.1. The summed E-state index contributed by atoms with van der Waals surface area (Å²) in [6, 6.07) is 7.28. The van der Waals surface area contributed by atoms with Crippen molar-refractivity contribution in [3.05, 3.63) is 40.1 Å². The van der Waals surface area contributed by atoms with E-state index in [-0.39, 0.29) is 6.61 Å². The van der Waals surface area contributed by atoms with Crippen LogP contribution in [0.15, 0.2) is 34.0 Å². The van der Waals surface area contributed by atoms with E-state index in [2.05, 4.69) is 38.4 Å². The minimum absolute atomic E-state index is 0.100. The van der Waals surface area contributed by atoms with Crippen molar-refractivity contribution in [3.63, 3.8) is 0 Å². The van der Waals surface area contributed by atoms with Crippen molar-refractivity contribution in [1.82, 2.24) is 20.6 Å². The smallest absolute Gasteiger partial charge is 0.209 e. The summed E-state index contributed by atoms with van der Waals surface area (Å²) in [6.07, 6.45) is 1.28. The molecule has 0 atom stereocenters. The van der Waals surface area contributed by atoms with Crippen molar-refractivity contribution in [2.24, 2.45) is 4.99 Å². The quantitative estimate of drug-likeness (QED) is 0.569. The first-order valence-electron chi connectivity index (χ1n) is 8.69. The lowest BCUT2D eigenvalue weighted by Gasteiger charge is -2.11. The fourth-order valence-electron chi connectivity index (χ4n) is 2.56. The number of benzene rings is 1. The zero-order valence-electron chi connectivity index (χ0n) is 15.2. The molecule has 4 rings (SSSR count). The van der Waals surface area contributed by atoms with Gasteiger partial charge in [0, 0.05) is 23.0 Å². The summed E-state index contributed by atoms with van der Waals surface area (Å²) in [4.78, 5) is 12.7. The van der Waals surface area contributed by atoms with Gasteiger partial charge in [0.05, 0.1) is 18.2 Å². The molecule has 1 saturated heterocycles. The highest BCUT2D eigenvalue weighted by molar-refractivity contribution is 7.14. The van der Waals surface area contributed by atoms with Crippen LogP contribution in [-0.2, 0) is 6.61 Å². The van der Waals surface area contributed by atoms with Gasteiger partial charge < -0.3 is 15.7 Å². The predicted molar refractivity (Wildman–Crippen MR) is 114 cm³/mol. The lowest BCUT2D eigenvalue weighted by atomic mass is 10.1. The molecule has 0 aliphatic carbocycles. The number of aromatic nitrogens is 2. The summed E-state index contributed by atoms with van der Waals surface area (Å²) in [7, 11) is 0. The molecular formula is C19H20N6OS2. The molecule has 7 nitrogen and oxygen atoms in total. The van der Waals surface area contributed by atoms with E-state index in [1.54, 1.807) is 18.2 Å². The average Bonchev–Trinajstić information content (AvgIpc) is 3.44. The zero-order valence-corrected chi connectivity index (χ0v) is 16.8. The fourth-order valence-corrected chi connectivity index (χ4v) is 4.04. The average molecular weight is 413 g/mol. The second-order valence-corrected chi connectivity index (χ2v) is 7.58. The maximum atomic E-state index is 9.47. The van der Waals surface area contributed by atoms with Crippen molar-refractivity contribution < 1.29 is 5.11 Å².